The molecule has 3 aromatic rings. The highest BCUT2D eigenvalue weighted by Crippen LogP contribution is 2.36. The molecule has 1 amide bonds. The molecule has 7 nitrogen and oxygen atoms in total. The zero-order chi connectivity index (χ0) is 24.6. The molecule has 0 unspecified atom stereocenters. The Kier molecular flexibility index (Phi) is 8.18. The molecular formula is C27H26N2O5S. The quantitative estimate of drug-likeness (QED) is 0.223. The van der Waals surface area contributed by atoms with Gasteiger partial charge in [0.1, 0.15) is 5.75 Å². The number of hydrogen-bond acceptors (Lipinski definition) is 6. The van der Waals surface area contributed by atoms with E-state index >= 15 is 0 Å². The number of benzene rings is 3. The van der Waals surface area contributed by atoms with Gasteiger partial charge in [0.2, 0.25) is 5.91 Å². The van der Waals surface area contributed by atoms with E-state index in [4.69, 9.17) is 14.6 Å². The van der Waals surface area contributed by atoms with E-state index in [1.54, 1.807) is 30.0 Å². The van der Waals surface area contributed by atoms with Crippen LogP contribution >= 0.6 is 11.8 Å². The Balaban J connectivity index is 1.30. The molecular weight excluding hydrogens is 464 g/mol. The van der Waals surface area contributed by atoms with Crippen molar-refractivity contribution in [2.24, 2.45) is 4.99 Å². The summed E-state index contributed by atoms with van der Waals surface area (Å²) >= 11 is 1.64. The third kappa shape index (κ3) is 6.49. The Morgan fingerprint density at radius 1 is 1.09 bits per heavy atom. The summed E-state index contributed by atoms with van der Waals surface area (Å²) in [6.45, 7) is 4.80. The number of carboxylic acid groups (broad SMARTS) is 1. The number of fused-ring (bicyclic) bond motifs is 1. The minimum Gasteiger partial charge on any atom is -0.478 e. The summed E-state index contributed by atoms with van der Waals surface area (Å²) in [5.74, 6) is 0.551. The zero-order valence-corrected chi connectivity index (χ0v) is 20.0. The number of nitrogens with zero attached hydrogens (tertiary/aromatic N) is 1. The average molecular weight is 491 g/mol. The molecule has 0 saturated heterocycles. The first-order chi connectivity index (χ1) is 17.0. The maximum atomic E-state index is 12.2. The second-order valence-corrected chi connectivity index (χ2v) is 9.14. The van der Waals surface area contributed by atoms with Gasteiger partial charge < -0.3 is 19.9 Å². The summed E-state index contributed by atoms with van der Waals surface area (Å²) in [4.78, 5) is 28.5. The molecule has 180 valence electrons. The molecule has 1 aliphatic heterocycles. The number of aromatic carboxylic acids is 1. The number of aliphatic imine (C=N–C) groups is 1. The molecule has 0 saturated carbocycles. The van der Waals surface area contributed by atoms with Crippen molar-refractivity contribution in [1.29, 1.82) is 0 Å². The highest BCUT2D eigenvalue weighted by Gasteiger charge is 2.13. The number of rotatable bonds is 10. The van der Waals surface area contributed by atoms with Gasteiger partial charge in [0.05, 0.1) is 17.9 Å². The molecule has 0 aliphatic carbocycles. The van der Waals surface area contributed by atoms with E-state index in [-0.39, 0.29) is 18.3 Å². The maximum absolute atomic E-state index is 12.2. The molecule has 4 rings (SSSR count). The zero-order valence-electron chi connectivity index (χ0n) is 19.2. The van der Waals surface area contributed by atoms with Crippen LogP contribution in [0.2, 0.25) is 0 Å². The van der Waals surface area contributed by atoms with E-state index in [0.717, 1.165) is 44.3 Å². The normalized spacial score (nSPS) is 12.3. The van der Waals surface area contributed by atoms with Gasteiger partial charge in [-0.2, -0.15) is 0 Å². The number of carbonyl (C=O) groups excluding carboxylic acids is 1. The van der Waals surface area contributed by atoms with Gasteiger partial charge in [0.25, 0.3) is 0 Å². The fraction of sp³-hybridized carbons (Fsp3) is 0.222. The maximum Gasteiger partial charge on any atom is 0.335 e. The first kappa shape index (κ1) is 24.5. The van der Waals surface area contributed by atoms with Crippen LogP contribution in [0.5, 0.6) is 5.75 Å². The van der Waals surface area contributed by atoms with Crippen molar-refractivity contribution >= 4 is 36.0 Å². The van der Waals surface area contributed by atoms with Crippen LogP contribution in [0.25, 0.3) is 11.1 Å². The molecule has 35 heavy (non-hydrogen) atoms. The van der Waals surface area contributed by atoms with Gasteiger partial charge in [-0.05, 0) is 72.0 Å². The Morgan fingerprint density at radius 2 is 1.91 bits per heavy atom. The molecule has 8 heteroatoms. The van der Waals surface area contributed by atoms with E-state index in [9.17, 15) is 9.59 Å². The van der Waals surface area contributed by atoms with Crippen molar-refractivity contribution in [2.75, 3.05) is 12.5 Å². The number of amides is 1. The molecule has 0 atom stereocenters. The molecule has 3 aromatic carbocycles. The van der Waals surface area contributed by atoms with Crippen LogP contribution in [0.15, 0.2) is 70.6 Å². The third-order valence-electron chi connectivity index (χ3n) is 5.55. The lowest BCUT2D eigenvalue weighted by Crippen LogP contribution is -2.22. The Hall–Kier alpha value is -3.62. The van der Waals surface area contributed by atoms with Gasteiger partial charge in [0, 0.05) is 23.4 Å². The predicted octanol–water partition coefficient (Wildman–Crippen LogP) is 5.44. The van der Waals surface area contributed by atoms with Gasteiger partial charge in [-0.15, -0.1) is 11.8 Å². The Morgan fingerprint density at radius 3 is 2.74 bits per heavy atom. The van der Waals surface area contributed by atoms with Crippen LogP contribution in [-0.4, -0.2) is 36.2 Å². The van der Waals surface area contributed by atoms with Gasteiger partial charge in [-0.3, -0.25) is 9.79 Å². The van der Waals surface area contributed by atoms with Crippen LogP contribution in [-0.2, 0) is 22.7 Å². The van der Waals surface area contributed by atoms with Gasteiger partial charge in [-0.25, -0.2) is 4.79 Å². The van der Waals surface area contributed by atoms with Crippen molar-refractivity contribution in [2.45, 2.75) is 30.9 Å². The number of nitrogens with one attached hydrogen (secondary N) is 1. The monoisotopic (exact) mass is 490 g/mol. The van der Waals surface area contributed by atoms with Crippen molar-refractivity contribution < 1.29 is 24.2 Å². The average Bonchev–Trinajstić information content (AvgIpc) is 2.89. The van der Waals surface area contributed by atoms with E-state index in [1.807, 2.05) is 24.3 Å². The van der Waals surface area contributed by atoms with Gasteiger partial charge >= 0.3 is 5.97 Å². The predicted molar refractivity (Wildman–Crippen MR) is 137 cm³/mol. The van der Waals surface area contributed by atoms with Crippen molar-refractivity contribution in [3.05, 3.63) is 77.4 Å². The molecule has 1 heterocycles. The number of hydrogen-bond donors (Lipinski definition) is 2. The number of ether oxygens (including phenoxy) is 2. The lowest BCUT2D eigenvalue weighted by Gasteiger charge is -2.18. The van der Waals surface area contributed by atoms with Crippen LogP contribution in [0, 0.1) is 0 Å². The van der Waals surface area contributed by atoms with E-state index in [0.29, 0.717) is 26.0 Å². The van der Waals surface area contributed by atoms with Crippen molar-refractivity contribution in [3.8, 4) is 16.9 Å². The number of thioether (sulfide) groups is 1. The largest absolute Gasteiger partial charge is 0.478 e. The van der Waals surface area contributed by atoms with Crippen LogP contribution in [0.1, 0.15) is 34.3 Å². The first-order valence-corrected chi connectivity index (χ1v) is 12.2. The van der Waals surface area contributed by atoms with E-state index < -0.39 is 5.97 Å². The number of carbonyl (C=O) groups is 2. The van der Waals surface area contributed by atoms with Crippen molar-refractivity contribution in [3.63, 3.8) is 0 Å². The third-order valence-corrected chi connectivity index (χ3v) is 6.68. The molecule has 0 bridgehead atoms. The first-order valence-electron chi connectivity index (χ1n) is 11.2. The minimum atomic E-state index is -0.984. The molecule has 0 radical (unpaired) electrons. The lowest BCUT2D eigenvalue weighted by molar-refractivity contribution is -0.121. The second kappa shape index (κ2) is 11.7. The summed E-state index contributed by atoms with van der Waals surface area (Å²) in [7, 11) is 0. The van der Waals surface area contributed by atoms with Gasteiger partial charge in [0.15, 0.2) is 6.79 Å². The number of carboxylic acids is 1. The molecule has 0 aromatic heterocycles. The highest BCUT2D eigenvalue weighted by molar-refractivity contribution is 7.99. The fourth-order valence-electron chi connectivity index (χ4n) is 3.73. The van der Waals surface area contributed by atoms with Crippen molar-refractivity contribution in [1.82, 2.24) is 5.32 Å². The summed E-state index contributed by atoms with van der Waals surface area (Å²) in [5, 5.41) is 11.9. The highest BCUT2D eigenvalue weighted by atomic mass is 32.2. The topological polar surface area (TPSA) is 97.2 Å². The molecule has 0 fully saturated rings. The van der Waals surface area contributed by atoms with Crippen LogP contribution in [0.4, 0.5) is 5.69 Å². The Labute approximate surface area is 208 Å². The minimum absolute atomic E-state index is 0.0688. The van der Waals surface area contributed by atoms with E-state index in [2.05, 4.69) is 29.2 Å². The smallest absolute Gasteiger partial charge is 0.335 e. The van der Waals surface area contributed by atoms with Gasteiger partial charge in [-0.1, -0.05) is 24.3 Å². The summed E-state index contributed by atoms with van der Waals surface area (Å²) in [6, 6.07) is 18.7. The van der Waals surface area contributed by atoms with E-state index in [1.165, 1.54) is 6.07 Å². The summed E-state index contributed by atoms with van der Waals surface area (Å²) in [6.07, 6.45) is 1.08. The standard InChI is InChI=1S/C27H26N2O5S/c1-28-23-9-7-20(19-8-10-24-22(13-19)16-33-17-34-24)14-25(23)35-11-3-6-26(30)29-15-18-4-2-5-21(12-18)27(31)32/h2,4-5,7-10,12-14H,1,3,6,11,15-17H2,(H,29,30)(H,31,32). The van der Waals surface area contributed by atoms with Crippen LogP contribution < -0.4 is 10.1 Å². The summed E-state index contributed by atoms with van der Waals surface area (Å²) < 4.78 is 10.9. The van der Waals surface area contributed by atoms with Crippen LogP contribution in [0.3, 0.4) is 0 Å². The second-order valence-electron chi connectivity index (χ2n) is 8.01. The fourth-order valence-corrected chi connectivity index (χ4v) is 4.73. The molecule has 2 N–H and O–H groups in total. The SMILES string of the molecule is C=Nc1ccc(-c2ccc3c(c2)COCO3)cc1SCCCC(=O)NCc1cccc(C(=O)O)c1. The summed E-state index contributed by atoms with van der Waals surface area (Å²) in [5.41, 5.74) is 4.93. The lowest BCUT2D eigenvalue weighted by atomic mass is 10.0. The molecule has 0 spiro atoms. The molecule has 1 aliphatic rings. The Bertz CT molecular complexity index is 1240.